The van der Waals surface area contributed by atoms with Gasteiger partial charge in [0.15, 0.2) is 0 Å². The Balaban J connectivity index is 1.65. The lowest BCUT2D eigenvalue weighted by atomic mass is 10.1. The van der Waals surface area contributed by atoms with Crippen molar-refractivity contribution in [3.05, 3.63) is 30.1 Å². The van der Waals surface area contributed by atoms with Crippen LogP contribution in [-0.4, -0.2) is 71.4 Å². The fourth-order valence-corrected chi connectivity index (χ4v) is 3.80. The van der Waals surface area contributed by atoms with Crippen LogP contribution in [0.25, 0.3) is 21.9 Å². The normalized spacial score (nSPS) is 18.0. The van der Waals surface area contributed by atoms with E-state index in [0.717, 1.165) is 16.3 Å². The van der Waals surface area contributed by atoms with Gasteiger partial charge in [0.05, 0.1) is 24.7 Å². The summed E-state index contributed by atoms with van der Waals surface area (Å²) in [7, 11) is 1.35. The van der Waals surface area contributed by atoms with Crippen molar-refractivity contribution in [1.82, 2.24) is 15.0 Å². The first kappa shape index (κ1) is 22.0. The largest absolute Gasteiger partial charge is 0.465 e. The van der Waals surface area contributed by atoms with Gasteiger partial charge < -0.3 is 29.8 Å². The van der Waals surface area contributed by atoms with E-state index in [-0.39, 0.29) is 0 Å². The van der Waals surface area contributed by atoms with Crippen molar-refractivity contribution in [3.63, 3.8) is 0 Å². The number of benzene rings is 1. The predicted molar refractivity (Wildman–Crippen MR) is 119 cm³/mol. The van der Waals surface area contributed by atoms with Crippen LogP contribution < -0.4 is 10.6 Å². The van der Waals surface area contributed by atoms with Gasteiger partial charge in [-0.15, -0.1) is 0 Å². The van der Waals surface area contributed by atoms with Crippen molar-refractivity contribution in [2.24, 2.45) is 5.73 Å². The van der Waals surface area contributed by atoms with E-state index in [1.807, 2.05) is 11.0 Å². The average Bonchev–Trinajstić information content (AvgIpc) is 3.14. The second-order valence-corrected chi connectivity index (χ2v) is 8.71. The number of morpholine rings is 1. The average molecular weight is 441 g/mol. The van der Waals surface area contributed by atoms with Gasteiger partial charge >= 0.3 is 11.9 Å². The van der Waals surface area contributed by atoms with Gasteiger partial charge in [-0.1, -0.05) is 6.07 Å². The summed E-state index contributed by atoms with van der Waals surface area (Å²) in [6.07, 6.45) is 0.937. The van der Waals surface area contributed by atoms with Gasteiger partial charge in [-0.05, 0) is 32.9 Å². The number of carbonyl (C=O) groups excluding carboxylic acids is 2. The topological polar surface area (TPSA) is 133 Å². The molecule has 3 heterocycles. The number of fused-ring (bicyclic) bond motifs is 3. The summed E-state index contributed by atoms with van der Waals surface area (Å²) in [5.41, 5.74) is 7.38. The van der Waals surface area contributed by atoms with E-state index in [9.17, 15) is 9.59 Å². The first-order chi connectivity index (χ1) is 15.2. The molecule has 1 aromatic carbocycles. The first-order valence-corrected chi connectivity index (χ1v) is 10.4. The quantitative estimate of drug-likeness (QED) is 0.581. The minimum absolute atomic E-state index is 0.374. The van der Waals surface area contributed by atoms with Gasteiger partial charge in [0, 0.05) is 24.0 Å². The molecule has 32 heavy (non-hydrogen) atoms. The number of anilines is 1. The zero-order valence-electron chi connectivity index (χ0n) is 18.5. The molecular weight excluding hydrogens is 414 g/mol. The van der Waals surface area contributed by atoms with Gasteiger partial charge in [0.2, 0.25) is 0 Å². The number of rotatable bonds is 4. The van der Waals surface area contributed by atoms with Gasteiger partial charge in [-0.3, -0.25) is 4.79 Å². The lowest BCUT2D eigenvalue weighted by molar-refractivity contribution is -0.160. The van der Waals surface area contributed by atoms with Crippen LogP contribution in [0.3, 0.4) is 0 Å². The molecule has 1 aliphatic heterocycles. The van der Waals surface area contributed by atoms with E-state index >= 15 is 0 Å². The summed E-state index contributed by atoms with van der Waals surface area (Å²) >= 11 is 0. The number of carbonyl (C=O) groups is 2. The number of ether oxygens (including phenoxy) is 3. The molecule has 4 rings (SSSR count). The van der Waals surface area contributed by atoms with E-state index in [1.54, 1.807) is 32.9 Å². The van der Waals surface area contributed by atoms with Crippen molar-refractivity contribution in [1.29, 1.82) is 0 Å². The van der Waals surface area contributed by atoms with E-state index < -0.39 is 29.7 Å². The Hall–Kier alpha value is -3.24. The summed E-state index contributed by atoms with van der Waals surface area (Å²) in [4.78, 5) is 38.5. The lowest BCUT2D eigenvalue weighted by Crippen LogP contribution is -2.55. The minimum atomic E-state index is -0.917. The highest BCUT2D eigenvalue weighted by Gasteiger charge is 2.34. The molecule has 3 N–H and O–H groups in total. The summed E-state index contributed by atoms with van der Waals surface area (Å²) in [6, 6.07) is 4.36. The van der Waals surface area contributed by atoms with Crippen LogP contribution in [0, 0.1) is 0 Å². The van der Waals surface area contributed by atoms with E-state index in [0.29, 0.717) is 36.7 Å². The number of methoxy groups -OCH3 is 1. The molecule has 1 aliphatic rings. The number of aromatic amines is 1. The molecule has 0 saturated carbocycles. The van der Waals surface area contributed by atoms with Crippen molar-refractivity contribution in [2.75, 3.05) is 31.7 Å². The molecule has 10 heteroatoms. The molecule has 3 aromatic rings. The first-order valence-electron chi connectivity index (χ1n) is 10.4. The van der Waals surface area contributed by atoms with Crippen molar-refractivity contribution in [2.45, 2.75) is 38.5 Å². The number of nitrogens with one attached hydrogen (secondary N) is 1. The summed E-state index contributed by atoms with van der Waals surface area (Å²) in [5, 5.41) is 1.70. The Labute approximate surface area is 185 Å². The molecule has 1 fully saturated rings. The molecule has 0 radical (unpaired) electrons. The van der Waals surface area contributed by atoms with Gasteiger partial charge in [0.25, 0.3) is 0 Å². The number of H-pyrrole nitrogens is 1. The molecule has 2 atom stereocenters. The molecular formula is C22H27N5O5. The molecule has 0 spiro atoms. The van der Waals surface area contributed by atoms with Crippen LogP contribution in [0.15, 0.2) is 24.5 Å². The Bertz CT molecular complexity index is 1170. The zero-order valence-corrected chi connectivity index (χ0v) is 18.5. The zero-order chi connectivity index (χ0) is 23.0. The highest BCUT2D eigenvalue weighted by molar-refractivity contribution is 6.12. The minimum Gasteiger partial charge on any atom is -0.465 e. The maximum atomic E-state index is 12.4. The van der Waals surface area contributed by atoms with Gasteiger partial charge in [0.1, 0.15) is 35.5 Å². The van der Waals surface area contributed by atoms with E-state index in [4.69, 9.17) is 19.9 Å². The molecule has 10 nitrogen and oxygen atoms in total. The van der Waals surface area contributed by atoms with Crippen LogP contribution in [0.4, 0.5) is 5.82 Å². The number of nitrogens with two attached hydrogens (primary N) is 1. The predicted octanol–water partition coefficient (Wildman–Crippen LogP) is 1.77. The molecule has 2 aromatic heterocycles. The lowest BCUT2D eigenvalue weighted by Gasteiger charge is -2.36. The monoisotopic (exact) mass is 441 g/mol. The number of aromatic nitrogens is 3. The smallest absolute Gasteiger partial charge is 0.337 e. The number of hydrogen-bond donors (Lipinski definition) is 2. The highest BCUT2D eigenvalue weighted by atomic mass is 16.6. The van der Waals surface area contributed by atoms with Crippen molar-refractivity contribution < 1.29 is 23.8 Å². The van der Waals surface area contributed by atoms with Crippen LogP contribution in [0.2, 0.25) is 0 Å². The van der Waals surface area contributed by atoms with Crippen LogP contribution in [0.1, 0.15) is 31.1 Å². The molecule has 170 valence electrons. The SMILES string of the molecule is COC(=O)c1ccc2c(c1)[nH]c1ncnc(N3CCOC(C(N)C(=O)OC(C)(C)C)C3)c12. The van der Waals surface area contributed by atoms with Crippen LogP contribution in [0.5, 0.6) is 0 Å². The van der Waals surface area contributed by atoms with Gasteiger partial charge in [-0.25, -0.2) is 14.8 Å². The highest BCUT2D eigenvalue weighted by Crippen LogP contribution is 2.32. The summed E-state index contributed by atoms with van der Waals surface area (Å²) < 4.78 is 16.0. The number of hydrogen-bond acceptors (Lipinski definition) is 9. The van der Waals surface area contributed by atoms with E-state index in [2.05, 4.69) is 15.0 Å². The molecule has 0 bridgehead atoms. The van der Waals surface area contributed by atoms with Crippen molar-refractivity contribution in [3.8, 4) is 0 Å². The maximum absolute atomic E-state index is 12.4. The third-order valence-electron chi connectivity index (χ3n) is 5.26. The Morgan fingerprint density at radius 1 is 1.31 bits per heavy atom. The molecule has 1 saturated heterocycles. The summed E-state index contributed by atoms with van der Waals surface area (Å²) in [6.45, 7) is 6.74. The molecule has 0 aliphatic carbocycles. The summed E-state index contributed by atoms with van der Waals surface area (Å²) in [5.74, 6) is -0.208. The molecule has 0 amide bonds. The Morgan fingerprint density at radius 2 is 2.09 bits per heavy atom. The second kappa shape index (κ2) is 8.36. The van der Waals surface area contributed by atoms with Gasteiger partial charge in [-0.2, -0.15) is 0 Å². The van der Waals surface area contributed by atoms with Crippen molar-refractivity contribution >= 4 is 39.7 Å². The van der Waals surface area contributed by atoms with E-state index in [1.165, 1.54) is 13.4 Å². The van der Waals surface area contributed by atoms with Crippen LogP contribution >= 0.6 is 0 Å². The standard InChI is InChI=1S/C22H27N5O5/c1-22(2,3)32-21(29)17(23)15-10-27(7-8-31-15)19-16-13-6-5-12(20(28)30-4)9-14(13)26-18(16)24-11-25-19/h5-6,9,11,15,17H,7-8,10,23H2,1-4H3,(H,24,25,26). The fraction of sp³-hybridized carbons (Fsp3) is 0.455. The fourth-order valence-electron chi connectivity index (χ4n) is 3.80. The molecule has 2 unspecified atom stereocenters. The Morgan fingerprint density at radius 3 is 2.81 bits per heavy atom. The van der Waals surface area contributed by atoms with Crippen LogP contribution in [-0.2, 0) is 19.0 Å². The number of esters is 2. The number of nitrogens with zero attached hydrogens (tertiary/aromatic N) is 3. The second-order valence-electron chi connectivity index (χ2n) is 8.71. The maximum Gasteiger partial charge on any atom is 0.337 e. The third-order valence-corrected chi connectivity index (χ3v) is 5.26. The third kappa shape index (κ3) is 4.23. The Kier molecular flexibility index (Phi) is 5.74.